The normalized spacial score (nSPS) is 11.4. The van der Waals surface area contributed by atoms with E-state index in [9.17, 15) is 18.4 Å². The molecule has 94 valence electrons. The number of nitrogens with one attached hydrogen (secondary N) is 1. The van der Waals surface area contributed by atoms with Gasteiger partial charge in [-0.1, -0.05) is 0 Å². The van der Waals surface area contributed by atoms with Crippen LogP contribution in [0.3, 0.4) is 0 Å². The number of carbonyl (C=O) groups is 2. The Kier molecular flexibility index (Phi) is 4.38. The van der Waals surface area contributed by atoms with Crippen molar-refractivity contribution < 1.29 is 23.5 Å². The highest BCUT2D eigenvalue weighted by Gasteiger charge is 2.21. The number of carbonyl (C=O) groups excluding carboxylic acids is 1. The quantitative estimate of drug-likeness (QED) is 0.791. The molecule has 18 heavy (non-hydrogen) atoms. The van der Waals surface area contributed by atoms with Crippen LogP contribution >= 0.6 is 0 Å². The third kappa shape index (κ3) is 3.28. The number of amides is 1. The Hall–Kier alpha value is -2.42. The van der Waals surface area contributed by atoms with Crippen LogP contribution in [0.15, 0.2) is 18.2 Å². The van der Waals surface area contributed by atoms with E-state index < -0.39 is 35.1 Å². The molecule has 6 heteroatoms. The van der Waals surface area contributed by atoms with E-state index in [0.29, 0.717) is 6.07 Å². The Morgan fingerprint density at radius 3 is 2.61 bits per heavy atom. The van der Waals surface area contributed by atoms with E-state index in [-0.39, 0.29) is 6.42 Å². The summed E-state index contributed by atoms with van der Waals surface area (Å²) >= 11 is 0. The predicted molar refractivity (Wildman–Crippen MR) is 58.7 cm³/mol. The van der Waals surface area contributed by atoms with Crippen molar-refractivity contribution in [1.29, 1.82) is 0 Å². The van der Waals surface area contributed by atoms with Gasteiger partial charge in [0.25, 0.3) is 5.91 Å². The lowest BCUT2D eigenvalue weighted by Gasteiger charge is -2.12. The first-order chi connectivity index (χ1) is 8.45. The lowest BCUT2D eigenvalue weighted by molar-refractivity contribution is -0.139. The minimum absolute atomic E-state index is 0.232. The third-order valence-corrected chi connectivity index (χ3v) is 2.10. The van der Waals surface area contributed by atoms with Gasteiger partial charge in [0, 0.05) is 12.5 Å². The molecule has 0 radical (unpaired) electrons. The minimum atomic E-state index is -1.33. The topological polar surface area (TPSA) is 66.4 Å². The molecule has 0 spiro atoms. The first-order valence-electron chi connectivity index (χ1n) is 4.88. The van der Waals surface area contributed by atoms with Gasteiger partial charge < -0.3 is 10.4 Å². The standard InChI is InChI=1S/C12H9F2NO3/c1-2-3-10(12(17)18)15-11(16)8-5-4-7(13)6-9(8)14/h1,4-6,10H,3H2,(H,15,16)(H,17,18). The molecule has 0 aliphatic rings. The third-order valence-electron chi connectivity index (χ3n) is 2.10. The molecular formula is C12H9F2NO3. The first kappa shape index (κ1) is 13.6. The molecule has 0 bridgehead atoms. The molecule has 0 aromatic heterocycles. The van der Waals surface area contributed by atoms with Crippen LogP contribution in [0.4, 0.5) is 8.78 Å². The summed E-state index contributed by atoms with van der Waals surface area (Å²) in [5, 5.41) is 10.8. The Labute approximate surface area is 102 Å². The van der Waals surface area contributed by atoms with E-state index in [2.05, 4.69) is 11.2 Å². The van der Waals surface area contributed by atoms with E-state index in [0.717, 1.165) is 12.1 Å². The van der Waals surface area contributed by atoms with Gasteiger partial charge in [0.1, 0.15) is 17.7 Å². The molecule has 1 aromatic rings. The highest BCUT2D eigenvalue weighted by molar-refractivity contribution is 5.96. The fourth-order valence-corrected chi connectivity index (χ4v) is 1.23. The molecule has 1 amide bonds. The van der Waals surface area contributed by atoms with E-state index >= 15 is 0 Å². The van der Waals surface area contributed by atoms with Crippen molar-refractivity contribution in [3.63, 3.8) is 0 Å². The second-order valence-electron chi connectivity index (χ2n) is 3.40. The van der Waals surface area contributed by atoms with Gasteiger partial charge in [0.2, 0.25) is 0 Å². The monoisotopic (exact) mass is 253 g/mol. The van der Waals surface area contributed by atoms with Crippen molar-refractivity contribution in [1.82, 2.24) is 5.32 Å². The van der Waals surface area contributed by atoms with Crippen molar-refractivity contribution in [2.45, 2.75) is 12.5 Å². The average molecular weight is 253 g/mol. The van der Waals surface area contributed by atoms with Crippen molar-refractivity contribution >= 4 is 11.9 Å². The Bertz CT molecular complexity index is 523. The summed E-state index contributed by atoms with van der Waals surface area (Å²) in [6, 6.07) is 1.04. The van der Waals surface area contributed by atoms with Crippen LogP contribution in [0, 0.1) is 24.0 Å². The zero-order valence-corrected chi connectivity index (χ0v) is 9.11. The lowest BCUT2D eigenvalue weighted by Crippen LogP contribution is -2.40. The maximum Gasteiger partial charge on any atom is 0.327 e. The van der Waals surface area contributed by atoms with E-state index in [1.807, 2.05) is 0 Å². The van der Waals surface area contributed by atoms with E-state index in [4.69, 9.17) is 11.5 Å². The van der Waals surface area contributed by atoms with E-state index in [1.54, 1.807) is 0 Å². The zero-order chi connectivity index (χ0) is 13.7. The Morgan fingerprint density at radius 2 is 2.11 bits per heavy atom. The highest BCUT2D eigenvalue weighted by Crippen LogP contribution is 2.09. The number of carboxylic acid groups (broad SMARTS) is 1. The Balaban J connectivity index is 2.87. The number of hydrogen-bond donors (Lipinski definition) is 2. The van der Waals surface area contributed by atoms with Crippen LogP contribution in [0.5, 0.6) is 0 Å². The predicted octanol–water partition coefficient (Wildman–Crippen LogP) is 1.17. The molecule has 1 atom stereocenters. The van der Waals surface area contributed by atoms with Crippen molar-refractivity contribution in [2.75, 3.05) is 0 Å². The second-order valence-corrected chi connectivity index (χ2v) is 3.40. The van der Waals surface area contributed by atoms with E-state index in [1.165, 1.54) is 0 Å². The van der Waals surface area contributed by atoms with Crippen LogP contribution in [0.25, 0.3) is 0 Å². The van der Waals surface area contributed by atoms with Gasteiger partial charge in [-0.3, -0.25) is 4.79 Å². The van der Waals surface area contributed by atoms with Crippen LogP contribution in [0.2, 0.25) is 0 Å². The number of halogens is 2. The number of rotatable bonds is 4. The number of benzene rings is 1. The fraction of sp³-hybridized carbons (Fsp3) is 0.167. The largest absolute Gasteiger partial charge is 0.480 e. The summed E-state index contributed by atoms with van der Waals surface area (Å²) in [5.41, 5.74) is -0.445. The van der Waals surface area contributed by atoms with Gasteiger partial charge in [-0.05, 0) is 12.1 Å². The van der Waals surface area contributed by atoms with Crippen molar-refractivity contribution in [3.8, 4) is 12.3 Å². The van der Waals surface area contributed by atoms with Gasteiger partial charge in [-0.15, -0.1) is 12.3 Å². The van der Waals surface area contributed by atoms with Gasteiger partial charge in [0.15, 0.2) is 0 Å². The van der Waals surface area contributed by atoms with Gasteiger partial charge in [0.05, 0.1) is 5.56 Å². The maximum absolute atomic E-state index is 13.2. The molecule has 0 aliphatic heterocycles. The summed E-state index contributed by atoms with van der Waals surface area (Å²) < 4.78 is 25.9. The number of carboxylic acids is 1. The zero-order valence-electron chi connectivity index (χ0n) is 9.11. The summed E-state index contributed by atoms with van der Waals surface area (Å²) in [5.74, 6) is -2.12. The highest BCUT2D eigenvalue weighted by atomic mass is 19.1. The molecule has 0 saturated heterocycles. The Morgan fingerprint density at radius 1 is 1.44 bits per heavy atom. The second kappa shape index (κ2) is 5.77. The fourth-order valence-electron chi connectivity index (χ4n) is 1.23. The first-order valence-corrected chi connectivity index (χ1v) is 4.88. The molecule has 0 saturated carbocycles. The van der Waals surface area contributed by atoms with Gasteiger partial charge >= 0.3 is 5.97 Å². The number of hydrogen-bond acceptors (Lipinski definition) is 2. The SMILES string of the molecule is C#CCC(NC(=O)c1ccc(F)cc1F)C(=O)O. The number of aliphatic carboxylic acids is 1. The molecule has 0 aliphatic carbocycles. The molecule has 1 rings (SSSR count). The summed E-state index contributed by atoms with van der Waals surface area (Å²) in [6.07, 6.45) is 4.71. The average Bonchev–Trinajstić information content (AvgIpc) is 2.27. The molecule has 0 heterocycles. The molecule has 1 aromatic carbocycles. The maximum atomic E-state index is 13.2. The lowest BCUT2D eigenvalue weighted by atomic mass is 10.1. The smallest absolute Gasteiger partial charge is 0.327 e. The molecular weight excluding hydrogens is 244 g/mol. The molecule has 0 fully saturated rings. The van der Waals surface area contributed by atoms with Gasteiger partial charge in [-0.2, -0.15) is 0 Å². The van der Waals surface area contributed by atoms with Crippen LogP contribution < -0.4 is 5.32 Å². The number of terminal acetylenes is 1. The van der Waals surface area contributed by atoms with Crippen LogP contribution in [0.1, 0.15) is 16.8 Å². The molecule has 1 unspecified atom stereocenters. The molecule has 4 nitrogen and oxygen atoms in total. The van der Waals surface area contributed by atoms with Gasteiger partial charge in [-0.25, -0.2) is 13.6 Å². The summed E-state index contributed by atoms with van der Waals surface area (Å²) in [4.78, 5) is 22.3. The summed E-state index contributed by atoms with van der Waals surface area (Å²) in [6.45, 7) is 0. The minimum Gasteiger partial charge on any atom is -0.480 e. The van der Waals surface area contributed by atoms with Crippen LogP contribution in [-0.4, -0.2) is 23.0 Å². The summed E-state index contributed by atoms with van der Waals surface area (Å²) in [7, 11) is 0. The molecule has 2 N–H and O–H groups in total. The van der Waals surface area contributed by atoms with Crippen molar-refractivity contribution in [3.05, 3.63) is 35.4 Å². The van der Waals surface area contributed by atoms with Crippen LogP contribution in [-0.2, 0) is 4.79 Å². The van der Waals surface area contributed by atoms with Crippen molar-refractivity contribution in [2.24, 2.45) is 0 Å².